The first-order chi connectivity index (χ1) is 6.54. The minimum absolute atomic E-state index is 0.0922. The molecule has 1 atom stereocenters. The van der Waals surface area contributed by atoms with Crippen molar-refractivity contribution in [1.29, 1.82) is 0 Å². The van der Waals surface area contributed by atoms with Crippen molar-refractivity contribution < 1.29 is 5.11 Å². The Hall–Kier alpha value is -0.0900. The second-order valence-electron chi connectivity index (χ2n) is 2.92. The van der Waals surface area contributed by atoms with Crippen LogP contribution in [0, 0.1) is 0 Å². The second kappa shape index (κ2) is 5.12. The molecular formula is C9H11Cl2NOS. The zero-order valence-electron chi connectivity index (χ0n) is 7.63. The summed E-state index contributed by atoms with van der Waals surface area (Å²) in [6.45, 7) is 2.01. The van der Waals surface area contributed by atoms with E-state index in [2.05, 4.69) is 0 Å². The number of halogens is 2. The summed E-state index contributed by atoms with van der Waals surface area (Å²) < 4.78 is 0. The number of rotatable bonds is 3. The van der Waals surface area contributed by atoms with E-state index in [-0.39, 0.29) is 11.9 Å². The molecule has 0 bridgehead atoms. The van der Waals surface area contributed by atoms with Gasteiger partial charge in [0.1, 0.15) is 0 Å². The number of benzene rings is 1. The van der Waals surface area contributed by atoms with Crippen LogP contribution in [-0.2, 0) is 0 Å². The van der Waals surface area contributed by atoms with Crippen molar-refractivity contribution >= 4 is 40.7 Å². The van der Waals surface area contributed by atoms with Crippen LogP contribution in [0.4, 0.5) is 5.69 Å². The largest absolute Gasteiger partial charge is 0.398 e. The number of hydrogen-bond acceptors (Lipinski definition) is 3. The van der Waals surface area contributed by atoms with Gasteiger partial charge in [0.05, 0.1) is 16.7 Å². The molecule has 0 saturated carbocycles. The first-order valence-corrected chi connectivity index (χ1v) is 5.70. The Morgan fingerprint density at radius 3 is 2.57 bits per heavy atom. The van der Waals surface area contributed by atoms with Crippen LogP contribution in [0.25, 0.3) is 0 Å². The zero-order chi connectivity index (χ0) is 10.7. The normalized spacial score (nSPS) is 12.9. The molecule has 0 heterocycles. The molecule has 0 radical (unpaired) electrons. The topological polar surface area (TPSA) is 46.2 Å². The highest BCUT2D eigenvalue weighted by molar-refractivity contribution is 8.00. The van der Waals surface area contributed by atoms with E-state index < -0.39 is 0 Å². The SMILES string of the molecule is CC(CO)Sc1cc(Cl)c(Cl)cc1N. The number of thioether (sulfide) groups is 1. The number of aliphatic hydroxyl groups excluding tert-OH is 1. The van der Waals surface area contributed by atoms with Crippen LogP contribution in [0.3, 0.4) is 0 Å². The molecule has 1 aromatic rings. The lowest BCUT2D eigenvalue weighted by Gasteiger charge is -2.10. The molecule has 1 rings (SSSR count). The third-order valence-electron chi connectivity index (χ3n) is 1.64. The van der Waals surface area contributed by atoms with Gasteiger partial charge in [-0.2, -0.15) is 0 Å². The van der Waals surface area contributed by atoms with Gasteiger partial charge in [-0.25, -0.2) is 0 Å². The lowest BCUT2D eigenvalue weighted by molar-refractivity contribution is 0.300. The summed E-state index contributed by atoms with van der Waals surface area (Å²) >= 11 is 13.1. The standard InChI is InChI=1S/C9H11Cl2NOS/c1-5(4-13)14-9-3-7(11)6(10)2-8(9)12/h2-3,5,13H,4,12H2,1H3. The number of hydrogen-bond donors (Lipinski definition) is 2. The van der Waals surface area contributed by atoms with Crippen LogP contribution < -0.4 is 5.73 Å². The molecule has 0 aliphatic rings. The molecule has 0 spiro atoms. The smallest absolute Gasteiger partial charge is 0.0613 e. The predicted octanol–water partition coefficient (Wildman–Crippen LogP) is 3.05. The van der Waals surface area contributed by atoms with E-state index in [1.54, 1.807) is 12.1 Å². The highest BCUT2D eigenvalue weighted by Gasteiger charge is 2.09. The fourth-order valence-electron chi connectivity index (χ4n) is 0.900. The molecule has 0 amide bonds. The second-order valence-corrected chi connectivity index (χ2v) is 5.21. The van der Waals surface area contributed by atoms with E-state index >= 15 is 0 Å². The average molecular weight is 252 g/mol. The summed E-state index contributed by atoms with van der Waals surface area (Å²) in [6, 6.07) is 3.34. The fraction of sp³-hybridized carbons (Fsp3) is 0.333. The van der Waals surface area contributed by atoms with E-state index in [4.69, 9.17) is 34.0 Å². The third-order valence-corrected chi connectivity index (χ3v) is 3.52. The Morgan fingerprint density at radius 1 is 1.43 bits per heavy atom. The Kier molecular flexibility index (Phi) is 4.38. The molecule has 0 fully saturated rings. The quantitative estimate of drug-likeness (QED) is 0.642. The molecule has 5 heteroatoms. The number of anilines is 1. The summed E-state index contributed by atoms with van der Waals surface area (Å²) in [5, 5.41) is 9.91. The van der Waals surface area contributed by atoms with Gasteiger partial charge < -0.3 is 10.8 Å². The Morgan fingerprint density at radius 2 is 2.00 bits per heavy atom. The van der Waals surface area contributed by atoms with Crippen LogP contribution in [0.5, 0.6) is 0 Å². The van der Waals surface area contributed by atoms with Gasteiger partial charge in [0, 0.05) is 15.8 Å². The Bertz CT molecular complexity index is 333. The van der Waals surface area contributed by atoms with Gasteiger partial charge >= 0.3 is 0 Å². The van der Waals surface area contributed by atoms with Gasteiger partial charge in [-0.15, -0.1) is 11.8 Å². The molecule has 1 aromatic carbocycles. The third kappa shape index (κ3) is 2.95. The van der Waals surface area contributed by atoms with Gasteiger partial charge in [-0.3, -0.25) is 0 Å². The molecule has 0 aromatic heterocycles. The van der Waals surface area contributed by atoms with Crippen molar-refractivity contribution in [3.05, 3.63) is 22.2 Å². The summed E-state index contributed by atoms with van der Waals surface area (Å²) in [5.74, 6) is 0. The molecular weight excluding hydrogens is 241 g/mol. The minimum atomic E-state index is 0.0922. The first-order valence-electron chi connectivity index (χ1n) is 4.06. The number of nitrogen functional groups attached to an aromatic ring is 1. The van der Waals surface area contributed by atoms with Crippen molar-refractivity contribution in [2.75, 3.05) is 12.3 Å². The predicted molar refractivity (Wildman–Crippen MR) is 63.3 cm³/mol. The molecule has 1 unspecified atom stereocenters. The lowest BCUT2D eigenvalue weighted by Crippen LogP contribution is -2.02. The molecule has 0 saturated heterocycles. The minimum Gasteiger partial charge on any atom is -0.398 e. The van der Waals surface area contributed by atoms with Gasteiger partial charge in [0.15, 0.2) is 0 Å². The van der Waals surface area contributed by atoms with Crippen molar-refractivity contribution in [3.8, 4) is 0 Å². The fourth-order valence-corrected chi connectivity index (χ4v) is 2.19. The highest BCUT2D eigenvalue weighted by atomic mass is 35.5. The molecule has 0 aliphatic carbocycles. The monoisotopic (exact) mass is 251 g/mol. The molecule has 2 nitrogen and oxygen atoms in total. The lowest BCUT2D eigenvalue weighted by atomic mass is 10.3. The highest BCUT2D eigenvalue weighted by Crippen LogP contribution is 2.35. The van der Waals surface area contributed by atoms with E-state index in [9.17, 15) is 0 Å². The summed E-state index contributed by atoms with van der Waals surface area (Å²) in [7, 11) is 0. The Balaban J connectivity index is 2.92. The summed E-state index contributed by atoms with van der Waals surface area (Å²) in [6.07, 6.45) is 0. The number of aliphatic hydroxyl groups is 1. The number of nitrogens with two attached hydrogens (primary N) is 1. The van der Waals surface area contributed by atoms with Crippen molar-refractivity contribution in [1.82, 2.24) is 0 Å². The van der Waals surface area contributed by atoms with E-state index in [1.165, 1.54) is 11.8 Å². The molecule has 0 aliphatic heterocycles. The molecule has 14 heavy (non-hydrogen) atoms. The van der Waals surface area contributed by atoms with Crippen LogP contribution in [-0.4, -0.2) is 17.0 Å². The zero-order valence-corrected chi connectivity index (χ0v) is 9.96. The van der Waals surface area contributed by atoms with E-state index in [0.29, 0.717) is 15.7 Å². The van der Waals surface area contributed by atoms with Gasteiger partial charge in [-0.1, -0.05) is 30.1 Å². The van der Waals surface area contributed by atoms with Crippen molar-refractivity contribution in [3.63, 3.8) is 0 Å². The molecule has 78 valence electrons. The summed E-state index contributed by atoms with van der Waals surface area (Å²) in [4.78, 5) is 0.848. The Labute approximate surface area is 97.4 Å². The van der Waals surface area contributed by atoms with Crippen LogP contribution in [0.15, 0.2) is 17.0 Å². The maximum atomic E-state index is 8.89. The van der Waals surface area contributed by atoms with Gasteiger partial charge in [0.2, 0.25) is 0 Å². The maximum Gasteiger partial charge on any atom is 0.0613 e. The van der Waals surface area contributed by atoms with Crippen molar-refractivity contribution in [2.45, 2.75) is 17.1 Å². The summed E-state index contributed by atoms with van der Waals surface area (Å²) in [5.41, 5.74) is 6.34. The average Bonchev–Trinajstić information content (AvgIpc) is 2.14. The molecule has 3 N–H and O–H groups in total. The van der Waals surface area contributed by atoms with Gasteiger partial charge in [0.25, 0.3) is 0 Å². The van der Waals surface area contributed by atoms with Crippen LogP contribution >= 0.6 is 35.0 Å². The van der Waals surface area contributed by atoms with E-state index in [0.717, 1.165) is 4.90 Å². The maximum absolute atomic E-state index is 8.89. The van der Waals surface area contributed by atoms with Gasteiger partial charge in [-0.05, 0) is 12.1 Å². The first kappa shape index (κ1) is 12.0. The van der Waals surface area contributed by atoms with Crippen LogP contribution in [0.1, 0.15) is 6.92 Å². The van der Waals surface area contributed by atoms with E-state index in [1.807, 2.05) is 6.92 Å². The van der Waals surface area contributed by atoms with Crippen LogP contribution in [0.2, 0.25) is 10.0 Å². The van der Waals surface area contributed by atoms with Crippen molar-refractivity contribution in [2.24, 2.45) is 0 Å².